The molecule has 1 amide bonds. The Labute approximate surface area is 141 Å². The van der Waals surface area contributed by atoms with Crippen LogP contribution in [0.25, 0.3) is 0 Å². The Hall–Kier alpha value is -1.75. The van der Waals surface area contributed by atoms with E-state index in [1.165, 1.54) is 18.2 Å². The van der Waals surface area contributed by atoms with Gasteiger partial charge >= 0.3 is 0 Å². The third kappa shape index (κ3) is 3.66. The number of nitrogens with zero attached hydrogens (tertiary/aromatic N) is 1. The van der Waals surface area contributed by atoms with Gasteiger partial charge in [0.1, 0.15) is 11.6 Å². The van der Waals surface area contributed by atoms with Gasteiger partial charge in [-0.05, 0) is 43.4 Å². The highest BCUT2D eigenvalue weighted by atomic mass is 19.1. The van der Waals surface area contributed by atoms with Gasteiger partial charge in [0.15, 0.2) is 0 Å². The summed E-state index contributed by atoms with van der Waals surface area (Å²) in [5.74, 6) is -0.341. The van der Waals surface area contributed by atoms with Crippen LogP contribution in [0.5, 0.6) is 0 Å². The smallest absolute Gasteiger partial charge is 0.225 e. The summed E-state index contributed by atoms with van der Waals surface area (Å²) in [5, 5.41) is 10.2. The zero-order valence-electron chi connectivity index (χ0n) is 13.8. The van der Waals surface area contributed by atoms with Crippen molar-refractivity contribution in [3.63, 3.8) is 0 Å². The number of aliphatic hydroxyl groups is 1. The zero-order valence-corrected chi connectivity index (χ0v) is 13.8. The monoisotopic (exact) mass is 333 g/mol. The minimum atomic E-state index is -1.02. The molecule has 3 rings (SSSR count). The zero-order chi connectivity index (χ0) is 17.1. The van der Waals surface area contributed by atoms with Gasteiger partial charge in [0, 0.05) is 24.9 Å². The van der Waals surface area contributed by atoms with E-state index in [2.05, 4.69) is 0 Å². The van der Waals surface area contributed by atoms with Gasteiger partial charge in [-0.2, -0.15) is 0 Å². The Morgan fingerprint density at radius 2 is 2.12 bits per heavy atom. The van der Waals surface area contributed by atoms with Gasteiger partial charge in [0.2, 0.25) is 5.91 Å². The highest BCUT2D eigenvalue weighted by Crippen LogP contribution is 2.33. The molecule has 1 heterocycles. The molecule has 1 aromatic rings. The molecule has 1 saturated heterocycles. The third-order valence-electron chi connectivity index (χ3n) is 5.29. The lowest BCUT2D eigenvalue weighted by atomic mass is 9.81. The minimum absolute atomic E-state index is 0.0231. The average Bonchev–Trinajstić information content (AvgIpc) is 3.04. The summed E-state index contributed by atoms with van der Waals surface area (Å²) in [7, 11) is 0. The minimum Gasteiger partial charge on any atom is -0.388 e. The maximum absolute atomic E-state index is 13.3. The molecule has 130 valence electrons. The van der Waals surface area contributed by atoms with E-state index in [1.807, 2.05) is 0 Å². The van der Waals surface area contributed by atoms with E-state index in [1.54, 1.807) is 11.0 Å². The molecule has 1 aliphatic heterocycles. The van der Waals surface area contributed by atoms with Gasteiger partial charge in [0.05, 0.1) is 12.5 Å². The summed E-state index contributed by atoms with van der Waals surface area (Å²) in [6, 6.07) is 5.68. The topological polar surface area (TPSA) is 57.6 Å². The van der Waals surface area contributed by atoms with Crippen LogP contribution in [0.2, 0.25) is 0 Å². The molecule has 0 aromatic heterocycles. The Kier molecular flexibility index (Phi) is 5.29. The van der Waals surface area contributed by atoms with Crippen LogP contribution in [0.1, 0.15) is 56.6 Å². The maximum Gasteiger partial charge on any atom is 0.225 e. The highest BCUT2D eigenvalue weighted by molar-refractivity contribution is 5.84. The summed E-state index contributed by atoms with van der Waals surface area (Å²) in [4.78, 5) is 26.6. The van der Waals surface area contributed by atoms with Crippen molar-refractivity contribution in [1.82, 2.24) is 4.90 Å². The number of carbonyl (C=O) groups excluding carboxylic acids is 2. The van der Waals surface area contributed by atoms with E-state index < -0.39 is 11.9 Å². The third-order valence-corrected chi connectivity index (χ3v) is 5.29. The molecule has 3 atom stereocenters. The molecule has 4 nitrogen and oxygen atoms in total. The predicted octanol–water partition coefficient (Wildman–Crippen LogP) is 3.00. The lowest BCUT2D eigenvalue weighted by molar-refractivity contribution is -0.137. The van der Waals surface area contributed by atoms with Gasteiger partial charge in [0.25, 0.3) is 0 Å². The lowest BCUT2D eigenvalue weighted by Gasteiger charge is -2.33. The van der Waals surface area contributed by atoms with E-state index in [4.69, 9.17) is 0 Å². The van der Waals surface area contributed by atoms with Gasteiger partial charge in [-0.1, -0.05) is 18.6 Å². The predicted molar refractivity (Wildman–Crippen MR) is 87.7 cm³/mol. The number of benzene rings is 1. The fourth-order valence-electron chi connectivity index (χ4n) is 4.05. The molecule has 0 bridgehead atoms. The molecule has 2 aliphatic rings. The molecular weight excluding hydrogens is 309 g/mol. The first-order valence-electron chi connectivity index (χ1n) is 8.82. The second-order valence-corrected chi connectivity index (χ2v) is 6.89. The second kappa shape index (κ2) is 7.43. The largest absolute Gasteiger partial charge is 0.388 e. The molecule has 1 aromatic carbocycles. The molecule has 3 unspecified atom stereocenters. The van der Waals surface area contributed by atoms with Crippen molar-refractivity contribution in [2.45, 2.75) is 57.1 Å². The number of ketones is 1. The van der Waals surface area contributed by atoms with Gasteiger partial charge in [-0.25, -0.2) is 4.39 Å². The van der Waals surface area contributed by atoms with E-state index in [-0.39, 0.29) is 30.1 Å². The van der Waals surface area contributed by atoms with E-state index in [0.717, 1.165) is 32.1 Å². The highest BCUT2D eigenvalue weighted by Gasteiger charge is 2.39. The summed E-state index contributed by atoms with van der Waals surface area (Å²) < 4.78 is 13.3. The van der Waals surface area contributed by atoms with Crippen LogP contribution < -0.4 is 0 Å². The normalized spacial score (nSPS) is 25.8. The standard InChI is InChI=1S/C19H24FNO3/c20-14-6-3-5-13(11-14)18(23)12-19(24)21-10-4-8-16(21)15-7-1-2-9-17(15)22/h3,5-6,11,15-16,18,23H,1-2,4,7-10,12H2. The molecular formula is C19H24FNO3. The maximum atomic E-state index is 13.3. The molecule has 0 spiro atoms. The van der Waals surface area contributed by atoms with Crippen LogP contribution in [0.4, 0.5) is 4.39 Å². The Bertz CT molecular complexity index is 618. The van der Waals surface area contributed by atoms with Gasteiger partial charge in [-0.15, -0.1) is 0 Å². The molecule has 24 heavy (non-hydrogen) atoms. The second-order valence-electron chi connectivity index (χ2n) is 6.89. The van der Waals surface area contributed by atoms with Crippen molar-refractivity contribution in [1.29, 1.82) is 0 Å². The quantitative estimate of drug-likeness (QED) is 0.921. The van der Waals surface area contributed by atoms with Crippen LogP contribution in [0.3, 0.4) is 0 Å². The number of amides is 1. The van der Waals surface area contributed by atoms with Crippen molar-refractivity contribution in [2.24, 2.45) is 5.92 Å². The SMILES string of the molecule is O=C1CCCCC1C1CCCN1C(=O)CC(O)c1cccc(F)c1. The number of rotatable bonds is 4. The van der Waals surface area contributed by atoms with E-state index in [0.29, 0.717) is 18.5 Å². The average molecular weight is 333 g/mol. The van der Waals surface area contributed by atoms with Crippen molar-refractivity contribution in [3.8, 4) is 0 Å². The van der Waals surface area contributed by atoms with Crippen molar-refractivity contribution >= 4 is 11.7 Å². The van der Waals surface area contributed by atoms with Crippen molar-refractivity contribution in [2.75, 3.05) is 6.54 Å². The number of likely N-dealkylation sites (tertiary alicyclic amines) is 1. The summed E-state index contributed by atoms with van der Waals surface area (Å²) >= 11 is 0. The van der Waals surface area contributed by atoms with Gasteiger partial charge < -0.3 is 10.0 Å². The van der Waals surface area contributed by atoms with Crippen molar-refractivity contribution < 1.29 is 19.1 Å². The van der Waals surface area contributed by atoms with Crippen LogP contribution in [0, 0.1) is 11.7 Å². The lowest BCUT2D eigenvalue weighted by Crippen LogP contribution is -2.44. The molecule has 2 fully saturated rings. The van der Waals surface area contributed by atoms with E-state index >= 15 is 0 Å². The van der Waals surface area contributed by atoms with Crippen LogP contribution in [0.15, 0.2) is 24.3 Å². The fourth-order valence-corrected chi connectivity index (χ4v) is 4.05. The van der Waals surface area contributed by atoms with Crippen molar-refractivity contribution in [3.05, 3.63) is 35.6 Å². The Morgan fingerprint density at radius 3 is 2.88 bits per heavy atom. The van der Waals surface area contributed by atoms with E-state index in [9.17, 15) is 19.1 Å². The van der Waals surface area contributed by atoms with Crippen LogP contribution >= 0.6 is 0 Å². The number of hydrogen-bond donors (Lipinski definition) is 1. The number of halogens is 1. The molecule has 5 heteroatoms. The van der Waals surface area contributed by atoms with Gasteiger partial charge in [-0.3, -0.25) is 9.59 Å². The van der Waals surface area contributed by atoms with Crippen LogP contribution in [-0.2, 0) is 9.59 Å². The summed E-state index contributed by atoms with van der Waals surface area (Å²) in [6.45, 7) is 0.642. The number of carbonyl (C=O) groups is 2. The first kappa shape index (κ1) is 17.1. The Balaban J connectivity index is 1.66. The van der Waals surface area contributed by atoms with Crippen LogP contribution in [-0.4, -0.2) is 34.3 Å². The number of hydrogen-bond acceptors (Lipinski definition) is 3. The number of aliphatic hydroxyl groups excluding tert-OH is 1. The number of Topliss-reactive ketones (excluding diaryl/α,β-unsaturated/α-hetero) is 1. The summed E-state index contributed by atoms with van der Waals surface area (Å²) in [6.07, 6.45) is 4.15. The molecule has 1 saturated carbocycles. The first-order chi connectivity index (χ1) is 11.6. The Morgan fingerprint density at radius 1 is 1.29 bits per heavy atom. The molecule has 0 radical (unpaired) electrons. The molecule has 1 aliphatic carbocycles. The molecule has 1 N–H and O–H groups in total. The summed E-state index contributed by atoms with van der Waals surface area (Å²) in [5.41, 5.74) is 0.410. The first-order valence-corrected chi connectivity index (χ1v) is 8.82. The fraction of sp³-hybridized carbons (Fsp3) is 0.579.